The van der Waals surface area contributed by atoms with Crippen LogP contribution >= 0.6 is 15.9 Å². The van der Waals surface area contributed by atoms with Crippen molar-refractivity contribution in [1.82, 2.24) is 30.3 Å². The normalized spacial score (nSPS) is 12.7. The van der Waals surface area contributed by atoms with Crippen LogP contribution in [0.1, 0.15) is 17.4 Å². The number of nitrogens with zero attached hydrogens (tertiary/aromatic N) is 5. The molecule has 0 saturated heterocycles. The van der Waals surface area contributed by atoms with E-state index in [0.717, 1.165) is 11.4 Å². The Bertz CT molecular complexity index is 449. The summed E-state index contributed by atoms with van der Waals surface area (Å²) < 4.78 is 2.43. The monoisotopic (exact) mass is 282 g/mol. The summed E-state index contributed by atoms with van der Waals surface area (Å²) in [6.45, 7) is 0. The van der Waals surface area contributed by atoms with E-state index >= 15 is 0 Å². The Hall–Kier alpha value is -1.34. The number of hydrogen-bond donors (Lipinski definition) is 1. The number of aryl methyl sites for hydroxylation is 1. The molecule has 2 rings (SSSR count). The van der Waals surface area contributed by atoms with E-state index in [4.69, 9.17) is 0 Å². The van der Waals surface area contributed by atoms with Gasteiger partial charge in [0.2, 0.25) is 0 Å². The fraction of sp³-hybridized carbons (Fsp3) is 0.333. The smallest absolute Gasteiger partial charge is 0.153 e. The second-order valence-corrected chi connectivity index (χ2v) is 4.00. The first-order valence-electron chi connectivity index (χ1n) is 4.72. The molecule has 0 aliphatic rings. The van der Waals surface area contributed by atoms with Gasteiger partial charge in [-0.3, -0.25) is 0 Å². The molecule has 7 heteroatoms. The Labute approximate surface area is 101 Å². The highest BCUT2D eigenvalue weighted by Crippen LogP contribution is 2.24. The second-order valence-electron chi connectivity index (χ2n) is 3.25. The Balaban J connectivity index is 2.45. The van der Waals surface area contributed by atoms with Gasteiger partial charge in [0, 0.05) is 13.2 Å². The molecule has 0 aliphatic carbocycles. The fourth-order valence-corrected chi connectivity index (χ4v) is 2.10. The molecule has 0 bridgehead atoms. The molecule has 0 aromatic carbocycles. The van der Waals surface area contributed by atoms with E-state index in [9.17, 15) is 0 Å². The molecule has 0 amide bonds. The van der Waals surface area contributed by atoms with Gasteiger partial charge in [-0.15, -0.1) is 5.10 Å². The minimum Gasteiger partial charge on any atom is -0.307 e. The third kappa shape index (κ3) is 1.96. The molecular formula is C9H11BrN6. The molecule has 0 radical (unpaired) electrons. The molecule has 0 aliphatic heterocycles. The number of halogens is 1. The third-order valence-corrected chi connectivity index (χ3v) is 2.85. The van der Waals surface area contributed by atoms with Gasteiger partial charge in [0.25, 0.3) is 0 Å². The van der Waals surface area contributed by atoms with Crippen LogP contribution in [0.4, 0.5) is 0 Å². The largest absolute Gasteiger partial charge is 0.307 e. The highest BCUT2D eigenvalue weighted by Gasteiger charge is 2.21. The minimum absolute atomic E-state index is 0.0580. The van der Waals surface area contributed by atoms with Crippen molar-refractivity contribution in [3.8, 4) is 0 Å². The summed E-state index contributed by atoms with van der Waals surface area (Å²) in [5, 5.41) is 11.1. The predicted octanol–water partition coefficient (Wildman–Crippen LogP) is 0.676. The summed E-state index contributed by atoms with van der Waals surface area (Å²) in [5.74, 6) is 0. The van der Waals surface area contributed by atoms with Crippen LogP contribution in [-0.4, -0.2) is 32.0 Å². The summed E-state index contributed by atoms with van der Waals surface area (Å²) in [6.07, 6.45) is 3.24. The first kappa shape index (κ1) is 11.2. The maximum Gasteiger partial charge on any atom is 0.153 e. The molecule has 0 saturated carbocycles. The van der Waals surface area contributed by atoms with Gasteiger partial charge >= 0.3 is 0 Å². The number of nitrogens with one attached hydrogen (secondary N) is 1. The van der Waals surface area contributed by atoms with Crippen LogP contribution in [0.25, 0.3) is 0 Å². The van der Waals surface area contributed by atoms with Crippen LogP contribution in [0, 0.1) is 0 Å². The van der Waals surface area contributed by atoms with E-state index in [1.165, 1.54) is 6.33 Å². The van der Waals surface area contributed by atoms with Crippen LogP contribution in [-0.2, 0) is 7.05 Å². The van der Waals surface area contributed by atoms with E-state index in [1.54, 1.807) is 10.9 Å². The molecule has 2 aromatic heterocycles. The fourth-order valence-electron chi connectivity index (χ4n) is 1.54. The average Bonchev–Trinajstić information content (AvgIpc) is 2.63. The molecule has 2 heterocycles. The molecule has 1 N–H and O–H groups in total. The summed E-state index contributed by atoms with van der Waals surface area (Å²) in [7, 11) is 3.71. The van der Waals surface area contributed by atoms with Gasteiger partial charge < -0.3 is 5.32 Å². The van der Waals surface area contributed by atoms with Gasteiger partial charge in [-0.05, 0) is 29.0 Å². The first-order valence-corrected chi connectivity index (χ1v) is 5.51. The first-order chi connectivity index (χ1) is 7.74. The number of aromatic nitrogens is 5. The maximum absolute atomic E-state index is 4.22. The van der Waals surface area contributed by atoms with Gasteiger partial charge in [0.15, 0.2) is 4.60 Å². The Kier molecular flexibility index (Phi) is 3.25. The molecule has 0 spiro atoms. The van der Waals surface area contributed by atoms with Crippen molar-refractivity contribution >= 4 is 15.9 Å². The minimum atomic E-state index is -0.0580. The van der Waals surface area contributed by atoms with E-state index in [1.807, 2.05) is 20.2 Å². The van der Waals surface area contributed by atoms with Crippen LogP contribution in [0.5, 0.6) is 0 Å². The summed E-state index contributed by atoms with van der Waals surface area (Å²) >= 11 is 3.38. The lowest BCUT2D eigenvalue weighted by molar-refractivity contribution is 0.585. The zero-order valence-corrected chi connectivity index (χ0v) is 10.5. The highest BCUT2D eigenvalue weighted by molar-refractivity contribution is 9.10. The summed E-state index contributed by atoms with van der Waals surface area (Å²) in [5.41, 5.74) is 1.81. The summed E-state index contributed by atoms with van der Waals surface area (Å²) in [4.78, 5) is 8.12. The van der Waals surface area contributed by atoms with Gasteiger partial charge in [0.1, 0.15) is 6.33 Å². The molecule has 16 heavy (non-hydrogen) atoms. The lowest BCUT2D eigenvalue weighted by Gasteiger charge is -2.15. The van der Waals surface area contributed by atoms with Crippen molar-refractivity contribution < 1.29 is 0 Å². The molecule has 84 valence electrons. The van der Waals surface area contributed by atoms with Crippen LogP contribution in [0.3, 0.4) is 0 Å². The van der Waals surface area contributed by atoms with Crippen molar-refractivity contribution in [2.24, 2.45) is 7.05 Å². The van der Waals surface area contributed by atoms with Gasteiger partial charge in [-0.2, -0.15) is 0 Å². The molecule has 1 atom stereocenters. The standard InChI is InChI=1S/C9H11BrN6/c1-11-7(6-3-4-12-5-13-6)8-9(10)14-15-16(8)2/h3-5,7,11H,1-2H3. The molecule has 2 aromatic rings. The molecule has 1 unspecified atom stereocenters. The van der Waals surface area contributed by atoms with E-state index in [-0.39, 0.29) is 6.04 Å². The van der Waals surface area contributed by atoms with Gasteiger partial charge in [-0.25, -0.2) is 14.6 Å². The van der Waals surface area contributed by atoms with Crippen molar-refractivity contribution in [2.45, 2.75) is 6.04 Å². The van der Waals surface area contributed by atoms with Crippen LogP contribution in [0.15, 0.2) is 23.2 Å². The predicted molar refractivity (Wildman–Crippen MR) is 61.6 cm³/mol. The zero-order valence-electron chi connectivity index (χ0n) is 8.92. The molecule has 0 fully saturated rings. The topological polar surface area (TPSA) is 68.5 Å². The average molecular weight is 283 g/mol. The summed E-state index contributed by atoms with van der Waals surface area (Å²) in [6, 6.07) is 1.80. The Morgan fingerprint density at radius 3 is 2.81 bits per heavy atom. The second kappa shape index (κ2) is 4.67. The van der Waals surface area contributed by atoms with Gasteiger partial charge in [-0.1, -0.05) is 5.21 Å². The Morgan fingerprint density at radius 2 is 2.31 bits per heavy atom. The zero-order chi connectivity index (χ0) is 11.5. The lowest BCUT2D eigenvalue weighted by atomic mass is 10.1. The lowest BCUT2D eigenvalue weighted by Crippen LogP contribution is -2.22. The molecular weight excluding hydrogens is 272 g/mol. The van der Waals surface area contributed by atoms with Crippen molar-refractivity contribution in [1.29, 1.82) is 0 Å². The van der Waals surface area contributed by atoms with E-state index < -0.39 is 0 Å². The molecule has 6 nitrogen and oxygen atoms in total. The number of hydrogen-bond acceptors (Lipinski definition) is 5. The van der Waals surface area contributed by atoms with E-state index in [2.05, 4.69) is 41.5 Å². The van der Waals surface area contributed by atoms with Crippen molar-refractivity contribution in [2.75, 3.05) is 7.05 Å². The van der Waals surface area contributed by atoms with E-state index in [0.29, 0.717) is 4.60 Å². The number of rotatable bonds is 3. The van der Waals surface area contributed by atoms with Crippen molar-refractivity contribution in [3.05, 3.63) is 34.6 Å². The maximum atomic E-state index is 4.22. The highest BCUT2D eigenvalue weighted by atomic mass is 79.9. The SMILES string of the molecule is CNC(c1ccncn1)c1c(Br)nnn1C. The Morgan fingerprint density at radius 1 is 1.50 bits per heavy atom. The van der Waals surface area contributed by atoms with Gasteiger partial charge in [0.05, 0.1) is 17.4 Å². The quantitative estimate of drug-likeness (QED) is 0.897. The van der Waals surface area contributed by atoms with Crippen LogP contribution < -0.4 is 5.32 Å². The van der Waals surface area contributed by atoms with Crippen molar-refractivity contribution in [3.63, 3.8) is 0 Å². The van der Waals surface area contributed by atoms with Crippen LogP contribution in [0.2, 0.25) is 0 Å². The third-order valence-electron chi connectivity index (χ3n) is 2.29.